The van der Waals surface area contributed by atoms with E-state index in [-0.39, 0.29) is 13.0 Å². The molecule has 140 valence electrons. The Hall–Kier alpha value is -0.880. The third-order valence-corrected chi connectivity index (χ3v) is 7.15. The summed E-state index contributed by atoms with van der Waals surface area (Å²) in [6, 6.07) is 0. The summed E-state index contributed by atoms with van der Waals surface area (Å²) in [5.41, 5.74) is -3.07. The van der Waals surface area contributed by atoms with Gasteiger partial charge in [-0.1, -0.05) is 6.92 Å². The van der Waals surface area contributed by atoms with Crippen LogP contribution in [0.2, 0.25) is 0 Å². The number of carbonyl (C=O) groups is 1. The third-order valence-electron chi connectivity index (χ3n) is 6.66. The quantitative estimate of drug-likeness (QED) is 0.417. The van der Waals surface area contributed by atoms with Crippen LogP contribution in [0.15, 0.2) is 11.6 Å². The molecule has 0 radical (unpaired) electrons. The number of rotatable bonds is 3. The van der Waals surface area contributed by atoms with Crippen molar-refractivity contribution in [2.24, 2.45) is 10.8 Å². The molecule has 0 amide bonds. The van der Waals surface area contributed by atoms with Crippen molar-refractivity contribution in [3.05, 3.63) is 11.6 Å². The van der Waals surface area contributed by atoms with Crippen molar-refractivity contribution in [1.82, 2.24) is 0 Å². The largest absolute Gasteiger partial charge is 0.397 e. The van der Waals surface area contributed by atoms with Gasteiger partial charge in [-0.2, -0.15) is 8.42 Å². The molecule has 2 heterocycles. The lowest BCUT2D eigenvalue weighted by Gasteiger charge is -2.58. The number of aliphatic hydroxyl groups is 2. The highest BCUT2D eigenvalue weighted by Crippen LogP contribution is 2.71. The normalized spacial score (nSPS) is 51.4. The molecule has 0 aromatic rings. The third kappa shape index (κ3) is 1.93. The van der Waals surface area contributed by atoms with Crippen molar-refractivity contribution in [2.45, 2.75) is 50.3 Å². The Morgan fingerprint density at radius 2 is 2.08 bits per heavy atom. The van der Waals surface area contributed by atoms with Crippen LogP contribution < -0.4 is 0 Å². The smallest absolute Gasteiger partial charge is 0.396 e. The number of fused-ring (bicyclic) bond motifs is 2. The second kappa shape index (κ2) is 4.89. The molecule has 9 nitrogen and oxygen atoms in total. The van der Waals surface area contributed by atoms with Gasteiger partial charge in [-0.25, -0.2) is 4.18 Å². The van der Waals surface area contributed by atoms with Crippen molar-refractivity contribution in [2.75, 3.05) is 13.2 Å². The number of ketones is 1. The predicted molar refractivity (Wildman–Crippen MR) is 80.8 cm³/mol. The molecule has 2 aliphatic carbocycles. The number of hydrogen-bond donors (Lipinski definition) is 3. The Kier molecular flexibility index (Phi) is 3.43. The maximum absolute atomic E-state index is 12.4. The molecule has 2 saturated heterocycles. The van der Waals surface area contributed by atoms with E-state index in [0.717, 1.165) is 0 Å². The number of epoxide rings is 1. The van der Waals surface area contributed by atoms with Gasteiger partial charge in [0, 0.05) is 5.41 Å². The van der Waals surface area contributed by atoms with Gasteiger partial charge in [0.25, 0.3) is 0 Å². The molecule has 3 fully saturated rings. The van der Waals surface area contributed by atoms with E-state index in [1.54, 1.807) is 19.9 Å². The van der Waals surface area contributed by atoms with Crippen molar-refractivity contribution >= 4 is 16.2 Å². The van der Waals surface area contributed by atoms with E-state index in [9.17, 15) is 23.4 Å². The van der Waals surface area contributed by atoms with Crippen LogP contribution in [-0.2, 0) is 28.9 Å². The van der Waals surface area contributed by atoms with E-state index in [1.165, 1.54) is 0 Å². The minimum atomic E-state index is -4.73. The zero-order chi connectivity index (χ0) is 18.4. The number of ether oxygens (including phenoxy) is 2. The average Bonchev–Trinajstić information content (AvgIpc) is 3.26. The standard InChI is InChI=1S/C15H20O9S/c1-7-3-9-14(5-16,11(18)10(7)17)13(2)4-8(24-25(19,20)21)12(23-9)15(13)6-22-15/h3,8-9,11-12,16,18H,4-6H2,1-2H3,(H,19,20,21)/t8-,9-,11-,12-,13-,14-,15+/m1/s1. The second-order valence-electron chi connectivity index (χ2n) is 7.57. The number of carbonyl (C=O) groups excluding carboxylic acids is 1. The molecule has 7 atom stereocenters. The number of hydrogen-bond acceptors (Lipinski definition) is 8. The first-order chi connectivity index (χ1) is 11.5. The van der Waals surface area contributed by atoms with Gasteiger partial charge in [-0.15, -0.1) is 0 Å². The summed E-state index contributed by atoms with van der Waals surface area (Å²) < 4.78 is 47.9. The zero-order valence-corrected chi connectivity index (χ0v) is 14.5. The van der Waals surface area contributed by atoms with Crippen LogP contribution in [0.3, 0.4) is 0 Å². The van der Waals surface area contributed by atoms with Crippen LogP contribution in [0.1, 0.15) is 20.3 Å². The van der Waals surface area contributed by atoms with Gasteiger partial charge in [0.05, 0.1) is 24.7 Å². The molecule has 2 aliphatic heterocycles. The van der Waals surface area contributed by atoms with E-state index < -0.39 is 63.6 Å². The molecular weight excluding hydrogens is 356 g/mol. The molecule has 25 heavy (non-hydrogen) atoms. The van der Waals surface area contributed by atoms with Crippen molar-refractivity contribution in [1.29, 1.82) is 0 Å². The van der Waals surface area contributed by atoms with Gasteiger partial charge < -0.3 is 19.7 Å². The summed E-state index contributed by atoms with van der Waals surface area (Å²) in [5, 5.41) is 21.0. The molecule has 4 rings (SSSR count). The van der Waals surface area contributed by atoms with E-state index in [1.807, 2.05) is 0 Å². The molecular formula is C15H20O9S. The van der Waals surface area contributed by atoms with Gasteiger partial charge in [-0.3, -0.25) is 9.35 Å². The molecule has 0 aromatic heterocycles. The molecule has 1 saturated carbocycles. The first-order valence-electron chi connectivity index (χ1n) is 7.99. The van der Waals surface area contributed by atoms with Gasteiger partial charge in [0.1, 0.15) is 23.9 Å². The second-order valence-corrected chi connectivity index (χ2v) is 8.62. The lowest BCUT2D eigenvalue weighted by molar-refractivity contribution is -0.243. The fraction of sp³-hybridized carbons (Fsp3) is 0.800. The SMILES string of the molecule is CC1=C[C@H]2O[C@@H]3[C@H](OS(=O)(=O)O)C[C@](C)([C@@]2(CO)[C@H](O)C1=O)[C@]31CO1. The van der Waals surface area contributed by atoms with Crippen molar-refractivity contribution in [3.63, 3.8) is 0 Å². The van der Waals surface area contributed by atoms with Crippen LogP contribution >= 0.6 is 0 Å². The summed E-state index contributed by atoms with van der Waals surface area (Å²) in [4.78, 5) is 12.4. The van der Waals surface area contributed by atoms with Crippen LogP contribution in [0.5, 0.6) is 0 Å². The Balaban J connectivity index is 1.87. The van der Waals surface area contributed by atoms with Crippen molar-refractivity contribution < 1.29 is 41.6 Å². The van der Waals surface area contributed by atoms with Gasteiger partial charge in [0.2, 0.25) is 0 Å². The minimum absolute atomic E-state index is 0.0335. The fourth-order valence-corrected chi connectivity index (χ4v) is 5.71. The lowest BCUT2D eigenvalue weighted by atomic mass is 9.50. The molecule has 2 bridgehead atoms. The summed E-state index contributed by atoms with van der Waals surface area (Å²) in [5.74, 6) is -0.511. The Morgan fingerprint density at radius 3 is 2.60 bits per heavy atom. The van der Waals surface area contributed by atoms with Crippen LogP contribution in [0.25, 0.3) is 0 Å². The summed E-state index contributed by atoms with van der Waals surface area (Å²) in [6.07, 6.45) is -2.62. The Labute approximate surface area is 144 Å². The van der Waals surface area contributed by atoms with Gasteiger partial charge >= 0.3 is 10.4 Å². The lowest BCUT2D eigenvalue weighted by Crippen LogP contribution is -2.70. The van der Waals surface area contributed by atoms with Crippen molar-refractivity contribution in [3.8, 4) is 0 Å². The van der Waals surface area contributed by atoms with Gasteiger partial charge in [-0.05, 0) is 25.0 Å². The van der Waals surface area contributed by atoms with E-state index in [2.05, 4.69) is 0 Å². The van der Waals surface area contributed by atoms with E-state index in [0.29, 0.717) is 5.57 Å². The highest BCUT2D eigenvalue weighted by Gasteiger charge is 2.83. The number of Topliss-reactive ketones (excluding diaryl/α,β-unsaturated/α-hetero) is 1. The monoisotopic (exact) mass is 376 g/mol. The molecule has 1 spiro atoms. The summed E-state index contributed by atoms with van der Waals surface area (Å²) in [6.45, 7) is 2.94. The van der Waals surface area contributed by atoms with Gasteiger partial charge in [0.15, 0.2) is 5.78 Å². The maximum Gasteiger partial charge on any atom is 0.397 e. The van der Waals surface area contributed by atoms with Crippen LogP contribution in [0.4, 0.5) is 0 Å². The summed E-state index contributed by atoms with van der Waals surface area (Å²) in [7, 11) is -4.73. The molecule has 0 unspecified atom stereocenters. The zero-order valence-electron chi connectivity index (χ0n) is 13.7. The van der Waals surface area contributed by atoms with Crippen LogP contribution in [0, 0.1) is 10.8 Å². The Morgan fingerprint density at radius 1 is 1.44 bits per heavy atom. The molecule has 3 N–H and O–H groups in total. The first kappa shape index (κ1) is 17.5. The highest BCUT2D eigenvalue weighted by molar-refractivity contribution is 7.80. The predicted octanol–water partition coefficient (Wildman–Crippen LogP) is -1.01. The fourth-order valence-electron chi connectivity index (χ4n) is 5.23. The van der Waals surface area contributed by atoms with E-state index >= 15 is 0 Å². The minimum Gasteiger partial charge on any atom is -0.396 e. The van der Waals surface area contributed by atoms with E-state index in [4.69, 9.17) is 18.2 Å². The Bertz CT molecular complexity index is 770. The first-order valence-corrected chi connectivity index (χ1v) is 9.36. The molecule has 10 heteroatoms. The highest BCUT2D eigenvalue weighted by atomic mass is 32.3. The molecule has 0 aromatic carbocycles. The number of aliphatic hydroxyl groups excluding tert-OH is 2. The summed E-state index contributed by atoms with van der Waals surface area (Å²) >= 11 is 0. The maximum atomic E-state index is 12.4. The average molecular weight is 376 g/mol. The molecule has 4 aliphatic rings. The topological polar surface area (TPSA) is 143 Å². The van der Waals surface area contributed by atoms with Crippen LogP contribution in [-0.4, -0.2) is 72.2 Å².